The number of aliphatic hydroxyl groups is 1. The van der Waals surface area contributed by atoms with Crippen LogP contribution in [-0.4, -0.2) is 46.6 Å². The first-order valence-corrected chi connectivity index (χ1v) is 10.3. The van der Waals surface area contributed by atoms with Gasteiger partial charge in [-0.1, -0.05) is 30.1 Å². The standard InChI is InChI=1S/C22H23N5O3S/c1-4-6-17(24-5-2)19(28)13-25-21(29)27-22-26-18-8-7-14(10-20(18)31-22)15-9-16(30-3)12-23-11-15/h4-12,19,28H,2,13H2,1,3H3,(H2,25,26,27,29)/b6-4-,24-17?. The highest BCUT2D eigenvalue weighted by molar-refractivity contribution is 7.22. The molecule has 0 radical (unpaired) electrons. The number of benzene rings is 1. The zero-order valence-corrected chi connectivity index (χ0v) is 18.0. The summed E-state index contributed by atoms with van der Waals surface area (Å²) < 4.78 is 6.15. The van der Waals surface area contributed by atoms with Gasteiger partial charge in [-0.15, -0.1) is 0 Å². The highest BCUT2D eigenvalue weighted by Gasteiger charge is 2.13. The van der Waals surface area contributed by atoms with Gasteiger partial charge in [0.25, 0.3) is 0 Å². The minimum Gasteiger partial charge on any atom is -0.495 e. The fourth-order valence-electron chi connectivity index (χ4n) is 2.80. The van der Waals surface area contributed by atoms with Crippen molar-refractivity contribution in [2.45, 2.75) is 13.0 Å². The van der Waals surface area contributed by atoms with Gasteiger partial charge >= 0.3 is 6.03 Å². The number of amides is 2. The molecule has 2 aromatic heterocycles. The molecule has 2 amide bonds. The Bertz CT molecular complexity index is 1140. The minimum absolute atomic E-state index is 0.000724. The van der Waals surface area contributed by atoms with Crippen LogP contribution in [0.25, 0.3) is 21.3 Å². The smallest absolute Gasteiger partial charge is 0.321 e. The lowest BCUT2D eigenvalue weighted by Gasteiger charge is -2.11. The van der Waals surface area contributed by atoms with Crippen molar-refractivity contribution in [2.75, 3.05) is 19.0 Å². The summed E-state index contributed by atoms with van der Waals surface area (Å²) in [5, 5.41) is 16.0. The Morgan fingerprint density at radius 3 is 2.94 bits per heavy atom. The van der Waals surface area contributed by atoms with Gasteiger partial charge in [-0.05, 0) is 36.8 Å². The number of urea groups is 1. The maximum absolute atomic E-state index is 12.2. The van der Waals surface area contributed by atoms with Crippen molar-refractivity contribution in [3.8, 4) is 16.9 Å². The molecular formula is C22H23N5O3S. The van der Waals surface area contributed by atoms with Gasteiger partial charge in [-0.2, -0.15) is 0 Å². The topological polar surface area (TPSA) is 109 Å². The molecule has 1 atom stereocenters. The largest absolute Gasteiger partial charge is 0.495 e. The first-order chi connectivity index (χ1) is 15.0. The number of pyridine rings is 1. The maximum Gasteiger partial charge on any atom is 0.321 e. The van der Waals surface area contributed by atoms with Gasteiger partial charge in [0.2, 0.25) is 0 Å². The van der Waals surface area contributed by atoms with E-state index in [1.165, 1.54) is 17.5 Å². The molecule has 1 unspecified atom stereocenters. The van der Waals surface area contributed by atoms with Crippen molar-refractivity contribution in [3.63, 3.8) is 0 Å². The van der Waals surface area contributed by atoms with Crippen molar-refractivity contribution in [2.24, 2.45) is 4.99 Å². The number of nitrogens with zero attached hydrogens (tertiary/aromatic N) is 3. The van der Waals surface area contributed by atoms with Crippen molar-refractivity contribution < 1.29 is 14.6 Å². The fourth-order valence-corrected chi connectivity index (χ4v) is 3.70. The lowest BCUT2D eigenvalue weighted by atomic mass is 10.1. The van der Waals surface area contributed by atoms with Crippen LogP contribution in [0.4, 0.5) is 9.93 Å². The molecule has 31 heavy (non-hydrogen) atoms. The number of allylic oxidation sites excluding steroid dienone is 1. The Morgan fingerprint density at radius 2 is 2.19 bits per heavy atom. The number of hydrogen-bond acceptors (Lipinski definition) is 7. The molecule has 9 heteroatoms. The number of rotatable bonds is 8. The molecule has 0 bridgehead atoms. The highest BCUT2D eigenvalue weighted by Crippen LogP contribution is 2.31. The average molecular weight is 438 g/mol. The first kappa shape index (κ1) is 22.1. The second-order valence-corrected chi connectivity index (χ2v) is 7.43. The van der Waals surface area contributed by atoms with Crippen LogP contribution in [0.3, 0.4) is 0 Å². The van der Waals surface area contributed by atoms with Gasteiger partial charge in [-0.3, -0.25) is 15.3 Å². The van der Waals surface area contributed by atoms with E-state index in [1.807, 2.05) is 31.2 Å². The van der Waals surface area contributed by atoms with Crippen LogP contribution < -0.4 is 15.4 Å². The van der Waals surface area contributed by atoms with Crippen LogP contribution in [0, 0.1) is 0 Å². The molecule has 0 aliphatic carbocycles. The Kier molecular flexibility index (Phi) is 7.47. The number of carbonyl (C=O) groups is 1. The molecule has 3 N–H and O–H groups in total. The third-order valence-corrected chi connectivity index (χ3v) is 5.20. The van der Waals surface area contributed by atoms with E-state index in [0.29, 0.717) is 16.6 Å². The molecule has 2 heterocycles. The number of thiazole rings is 1. The van der Waals surface area contributed by atoms with E-state index in [4.69, 9.17) is 4.74 Å². The molecule has 160 valence electrons. The lowest BCUT2D eigenvalue weighted by molar-refractivity contribution is 0.226. The number of methoxy groups -OCH3 is 1. The zero-order chi connectivity index (χ0) is 22.2. The Labute approximate surface area is 184 Å². The number of aromatic nitrogens is 2. The monoisotopic (exact) mass is 437 g/mol. The van der Waals surface area contributed by atoms with Crippen molar-refractivity contribution >= 4 is 38.4 Å². The van der Waals surface area contributed by atoms with E-state index in [9.17, 15) is 9.90 Å². The molecule has 3 aromatic rings. The quantitative estimate of drug-likeness (QED) is 0.462. The van der Waals surface area contributed by atoms with Gasteiger partial charge in [0.1, 0.15) is 11.9 Å². The minimum atomic E-state index is -0.950. The van der Waals surface area contributed by atoms with Gasteiger partial charge < -0.3 is 15.2 Å². The van der Waals surface area contributed by atoms with Crippen molar-refractivity contribution in [1.82, 2.24) is 15.3 Å². The van der Waals surface area contributed by atoms with Gasteiger partial charge in [0, 0.05) is 18.0 Å². The summed E-state index contributed by atoms with van der Waals surface area (Å²) in [6, 6.07) is 7.27. The van der Waals surface area contributed by atoms with Crippen molar-refractivity contribution in [3.05, 3.63) is 61.6 Å². The van der Waals surface area contributed by atoms with E-state index in [-0.39, 0.29) is 6.54 Å². The number of aliphatic imine (C=N–C) groups is 1. The zero-order valence-electron chi connectivity index (χ0n) is 17.2. The normalized spacial score (nSPS) is 12.7. The first-order valence-electron chi connectivity index (χ1n) is 9.48. The summed E-state index contributed by atoms with van der Waals surface area (Å²) in [6.45, 7) is 5.34. The van der Waals surface area contributed by atoms with Gasteiger partial charge in [0.15, 0.2) is 5.13 Å². The Balaban J connectivity index is 1.67. The highest BCUT2D eigenvalue weighted by atomic mass is 32.1. The molecule has 0 saturated heterocycles. The molecule has 0 aliphatic rings. The van der Waals surface area contributed by atoms with Crippen LogP contribution in [0.5, 0.6) is 5.75 Å². The van der Waals surface area contributed by atoms with Crippen LogP contribution >= 0.6 is 11.3 Å². The van der Waals surface area contributed by atoms with Crippen LogP contribution in [-0.2, 0) is 0 Å². The number of hydrogen-bond donors (Lipinski definition) is 3. The fraction of sp³-hybridized carbons (Fsp3) is 0.182. The number of fused-ring (bicyclic) bond motifs is 1. The third kappa shape index (κ3) is 5.74. The summed E-state index contributed by atoms with van der Waals surface area (Å²) >= 11 is 1.36. The number of nitrogens with one attached hydrogen (secondary N) is 2. The summed E-state index contributed by atoms with van der Waals surface area (Å²) in [5.41, 5.74) is 3.08. The molecular weight excluding hydrogens is 414 g/mol. The van der Waals surface area contributed by atoms with Crippen LogP contribution in [0.1, 0.15) is 6.92 Å². The SMILES string of the molecule is C=CN=C(/C=C\C)C(O)CNC(=O)Nc1nc2ccc(-c3cncc(OC)c3)cc2s1. The number of aliphatic hydroxyl groups excluding tert-OH is 1. The predicted molar refractivity (Wildman–Crippen MR) is 125 cm³/mol. The van der Waals surface area contributed by atoms with E-state index in [2.05, 4.69) is 32.2 Å². The van der Waals surface area contributed by atoms with E-state index in [0.717, 1.165) is 21.3 Å². The second-order valence-electron chi connectivity index (χ2n) is 6.40. The van der Waals surface area contributed by atoms with Crippen LogP contribution in [0.2, 0.25) is 0 Å². The molecule has 0 aliphatic heterocycles. The molecule has 0 saturated carbocycles. The molecule has 1 aromatic carbocycles. The Morgan fingerprint density at radius 1 is 1.35 bits per heavy atom. The molecule has 8 nitrogen and oxygen atoms in total. The third-order valence-electron chi connectivity index (χ3n) is 4.27. The molecule has 0 fully saturated rings. The number of carbonyl (C=O) groups excluding carboxylic acids is 1. The maximum atomic E-state index is 12.2. The van der Waals surface area contributed by atoms with E-state index < -0.39 is 12.1 Å². The van der Waals surface area contributed by atoms with Crippen molar-refractivity contribution in [1.29, 1.82) is 0 Å². The Hall–Kier alpha value is -3.56. The summed E-state index contributed by atoms with van der Waals surface area (Å²) in [4.78, 5) is 24.8. The number of ether oxygens (including phenoxy) is 1. The number of anilines is 1. The lowest BCUT2D eigenvalue weighted by Crippen LogP contribution is -2.38. The predicted octanol–water partition coefficient (Wildman–Crippen LogP) is 4.01. The van der Waals surface area contributed by atoms with Crippen LogP contribution in [0.15, 0.2) is 66.6 Å². The van der Waals surface area contributed by atoms with E-state index in [1.54, 1.807) is 31.7 Å². The van der Waals surface area contributed by atoms with Gasteiger partial charge in [0.05, 0.1) is 35.8 Å². The molecule has 3 rings (SSSR count). The summed E-state index contributed by atoms with van der Waals surface area (Å²) in [5.74, 6) is 0.679. The van der Waals surface area contributed by atoms with Gasteiger partial charge in [-0.25, -0.2) is 9.78 Å². The summed E-state index contributed by atoms with van der Waals surface area (Å²) in [7, 11) is 1.60. The van der Waals surface area contributed by atoms with E-state index >= 15 is 0 Å². The summed E-state index contributed by atoms with van der Waals surface area (Å²) in [6.07, 6.45) is 7.22. The molecule has 0 spiro atoms. The second kappa shape index (κ2) is 10.5. The average Bonchev–Trinajstić information content (AvgIpc) is 3.18.